The summed E-state index contributed by atoms with van der Waals surface area (Å²) in [4.78, 5) is 32.3. The van der Waals surface area contributed by atoms with Crippen LogP contribution in [0.25, 0.3) is 0 Å². The van der Waals surface area contributed by atoms with Gasteiger partial charge in [0.15, 0.2) is 0 Å². The number of likely N-dealkylation sites (N-methyl/N-ethyl adjacent to an activating group) is 1. The molecule has 1 aliphatic carbocycles. The summed E-state index contributed by atoms with van der Waals surface area (Å²) < 4.78 is 0. The molecule has 0 radical (unpaired) electrons. The summed E-state index contributed by atoms with van der Waals surface area (Å²) in [5.74, 6) is 1.65. The number of hydrogen-bond donors (Lipinski definition) is 2. The van der Waals surface area contributed by atoms with Gasteiger partial charge in [-0.1, -0.05) is 6.92 Å². The number of rotatable bonds is 6. The summed E-state index contributed by atoms with van der Waals surface area (Å²) in [6.45, 7) is 2.96. The van der Waals surface area contributed by atoms with E-state index in [-0.39, 0.29) is 18.0 Å². The van der Waals surface area contributed by atoms with Crippen molar-refractivity contribution in [2.24, 2.45) is 0 Å². The zero-order chi connectivity index (χ0) is 13.8. The van der Waals surface area contributed by atoms with Gasteiger partial charge < -0.3 is 15.2 Å². The van der Waals surface area contributed by atoms with E-state index in [1.807, 2.05) is 11.8 Å². The minimum Gasteiger partial charge on any atom is -0.358 e. The molecule has 0 bridgehead atoms. The third-order valence-corrected chi connectivity index (χ3v) is 3.14. The Bertz CT molecular complexity index is 508. The van der Waals surface area contributed by atoms with Crippen LogP contribution in [0.5, 0.6) is 0 Å². The zero-order valence-corrected chi connectivity index (χ0v) is 11.4. The summed E-state index contributed by atoms with van der Waals surface area (Å²) in [6, 6.07) is 1.46. The zero-order valence-electron chi connectivity index (χ0n) is 11.4. The maximum atomic E-state index is 11.7. The fourth-order valence-corrected chi connectivity index (χ4v) is 1.97. The molecule has 1 aromatic heterocycles. The third-order valence-electron chi connectivity index (χ3n) is 3.14. The van der Waals surface area contributed by atoms with Gasteiger partial charge in [0.25, 0.3) is 5.56 Å². The first-order valence-electron chi connectivity index (χ1n) is 6.70. The SMILES string of the molecule is CCCN(CC(=O)NC)c1cc(=O)[nH]c(C2CC2)n1. The first-order chi connectivity index (χ1) is 9.13. The second kappa shape index (κ2) is 5.86. The molecule has 1 fully saturated rings. The molecule has 104 valence electrons. The number of carbonyl (C=O) groups excluding carboxylic acids is 1. The van der Waals surface area contributed by atoms with Crippen LogP contribution >= 0.6 is 0 Å². The highest BCUT2D eigenvalue weighted by Crippen LogP contribution is 2.37. The Hall–Kier alpha value is -1.85. The van der Waals surface area contributed by atoms with E-state index in [1.54, 1.807) is 7.05 Å². The Labute approximate surface area is 112 Å². The number of hydrogen-bond acceptors (Lipinski definition) is 4. The van der Waals surface area contributed by atoms with Gasteiger partial charge in [0.05, 0.1) is 6.54 Å². The number of H-pyrrole nitrogens is 1. The summed E-state index contributed by atoms with van der Waals surface area (Å²) in [7, 11) is 1.60. The van der Waals surface area contributed by atoms with Crippen molar-refractivity contribution in [3.63, 3.8) is 0 Å². The van der Waals surface area contributed by atoms with Gasteiger partial charge >= 0.3 is 0 Å². The van der Waals surface area contributed by atoms with Crippen LogP contribution in [0.4, 0.5) is 5.82 Å². The normalized spacial score (nSPS) is 14.2. The van der Waals surface area contributed by atoms with E-state index in [0.717, 1.165) is 25.1 Å². The molecule has 0 spiro atoms. The second-order valence-electron chi connectivity index (χ2n) is 4.86. The van der Waals surface area contributed by atoms with E-state index in [2.05, 4.69) is 15.3 Å². The smallest absolute Gasteiger partial charge is 0.252 e. The quantitative estimate of drug-likeness (QED) is 0.789. The number of carbonyl (C=O) groups is 1. The standard InChI is InChI=1S/C13H20N4O2/c1-3-6-17(8-12(19)14-2)10-7-11(18)16-13(15-10)9-4-5-9/h7,9H,3-6,8H2,1-2H3,(H,14,19)(H,15,16,18). The van der Waals surface area contributed by atoms with Gasteiger partial charge in [0.1, 0.15) is 11.6 Å². The molecule has 0 saturated heterocycles. The number of anilines is 1. The monoisotopic (exact) mass is 264 g/mol. The summed E-state index contributed by atoms with van der Waals surface area (Å²) in [5.41, 5.74) is -0.148. The van der Waals surface area contributed by atoms with Gasteiger partial charge in [-0.2, -0.15) is 0 Å². The van der Waals surface area contributed by atoms with Gasteiger partial charge in [0, 0.05) is 25.6 Å². The van der Waals surface area contributed by atoms with Crippen LogP contribution in [0.3, 0.4) is 0 Å². The summed E-state index contributed by atoms with van der Waals surface area (Å²) >= 11 is 0. The van der Waals surface area contributed by atoms with E-state index in [0.29, 0.717) is 18.3 Å². The van der Waals surface area contributed by atoms with Crippen molar-refractivity contribution in [3.8, 4) is 0 Å². The van der Waals surface area contributed by atoms with Crippen LogP contribution in [-0.2, 0) is 4.79 Å². The number of amides is 1. The van der Waals surface area contributed by atoms with Crippen LogP contribution in [0.2, 0.25) is 0 Å². The van der Waals surface area contributed by atoms with Crippen molar-refractivity contribution in [3.05, 3.63) is 22.2 Å². The molecule has 2 rings (SSSR count). The van der Waals surface area contributed by atoms with Crippen LogP contribution < -0.4 is 15.8 Å². The van der Waals surface area contributed by atoms with E-state index in [4.69, 9.17) is 0 Å². The average Bonchev–Trinajstić information content (AvgIpc) is 3.21. The lowest BCUT2D eigenvalue weighted by Crippen LogP contribution is -2.37. The van der Waals surface area contributed by atoms with Gasteiger partial charge in [-0.3, -0.25) is 9.59 Å². The van der Waals surface area contributed by atoms with Gasteiger partial charge in [-0.05, 0) is 19.3 Å². The van der Waals surface area contributed by atoms with Crippen LogP contribution in [0.15, 0.2) is 10.9 Å². The van der Waals surface area contributed by atoms with Crippen LogP contribution in [0.1, 0.15) is 37.9 Å². The number of nitrogens with one attached hydrogen (secondary N) is 2. The molecule has 1 aliphatic rings. The molecule has 0 aliphatic heterocycles. The van der Waals surface area contributed by atoms with Gasteiger partial charge in [-0.25, -0.2) is 4.98 Å². The number of aromatic amines is 1. The van der Waals surface area contributed by atoms with Gasteiger partial charge in [-0.15, -0.1) is 0 Å². The molecule has 6 nitrogen and oxygen atoms in total. The Morgan fingerprint density at radius 2 is 2.32 bits per heavy atom. The van der Waals surface area contributed by atoms with Crippen molar-refractivity contribution in [1.29, 1.82) is 0 Å². The first-order valence-corrected chi connectivity index (χ1v) is 6.70. The molecular formula is C13H20N4O2. The topological polar surface area (TPSA) is 78.1 Å². The highest BCUT2D eigenvalue weighted by Gasteiger charge is 2.27. The van der Waals surface area contributed by atoms with Crippen LogP contribution in [0, 0.1) is 0 Å². The molecule has 1 amide bonds. The molecule has 1 saturated carbocycles. The minimum atomic E-state index is -0.148. The van der Waals surface area contributed by atoms with E-state index in [1.165, 1.54) is 6.07 Å². The van der Waals surface area contributed by atoms with Crippen LogP contribution in [-0.4, -0.2) is 36.0 Å². The van der Waals surface area contributed by atoms with Crippen molar-refractivity contribution in [2.45, 2.75) is 32.1 Å². The lowest BCUT2D eigenvalue weighted by molar-refractivity contribution is -0.119. The molecule has 0 aromatic carbocycles. The van der Waals surface area contributed by atoms with Gasteiger partial charge in [0.2, 0.25) is 5.91 Å². The van der Waals surface area contributed by atoms with E-state index < -0.39 is 0 Å². The molecular weight excluding hydrogens is 244 g/mol. The predicted molar refractivity (Wildman–Crippen MR) is 73.4 cm³/mol. The Kier molecular flexibility index (Phi) is 4.19. The molecule has 0 atom stereocenters. The van der Waals surface area contributed by atoms with Crippen molar-refractivity contribution < 1.29 is 4.79 Å². The lowest BCUT2D eigenvalue weighted by Gasteiger charge is -2.22. The maximum Gasteiger partial charge on any atom is 0.252 e. The third kappa shape index (κ3) is 3.56. The molecule has 19 heavy (non-hydrogen) atoms. The Morgan fingerprint density at radius 1 is 1.58 bits per heavy atom. The Morgan fingerprint density at radius 3 is 2.89 bits per heavy atom. The molecule has 1 aromatic rings. The minimum absolute atomic E-state index is 0.0801. The second-order valence-corrected chi connectivity index (χ2v) is 4.86. The molecule has 2 N–H and O–H groups in total. The van der Waals surface area contributed by atoms with E-state index in [9.17, 15) is 9.59 Å². The average molecular weight is 264 g/mol. The maximum absolute atomic E-state index is 11.7. The largest absolute Gasteiger partial charge is 0.358 e. The van der Waals surface area contributed by atoms with Crippen molar-refractivity contribution in [1.82, 2.24) is 15.3 Å². The fraction of sp³-hybridized carbons (Fsp3) is 0.615. The highest BCUT2D eigenvalue weighted by molar-refractivity contribution is 5.80. The Balaban J connectivity index is 2.24. The molecule has 1 heterocycles. The summed E-state index contributed by atoms with van der Waals surface area (Å²) in [6.07, 6.45) is 3.05. The predicted octanol–water partition coefficient (Wildman–Crippen LogP) is 0.610. The fourth-order valence-electron chi connectivity index (χ4n) is 1.97. The highest BCUT2D eigenvalue weighted by atomic mass is 16.2. The first kappa shape index (κ1) is 13.6. The number of nitrogens with zero attached hydrogens (tertiary/aromatic N) is 2. The van der Waals surface area contributed by atoms with Crippen molar-refractivity contribution >= 4 is 11.7 Å². The number of aromatic nitrogens is 2. The molecule has 6 heteroatoms. The van der Waals surface area contributed by atoms with E-state index >= 15 is 0 Å². The lowest BCUT2D eigenvalue weighted by atomic mass is 10.3. The van der Waals surface area contributed by atoms with Crippen molar-refractivity contribution in [2.75, 3.05) is 25.0 Å². The summed E-state index contributed by atoms with van der Waals surface area (Å²) in [5, 5.41) is 2.59. The molecule has 0 unspecified atom stereocenters.